The first kappa shape index (κ1) is 14.7. The lowest BCUT2D eigenvalue weighted by Gasteiger charge is -2.10. The molecule has 1 N–H and O–H groups in total. The molecule has 6 nitrogen and oxygen atoms in total. The molecule has 0 unspecified atom stereocenters. The molecule has 1 amide bonds. The van der Waals surface area contributed by atoms with Gasteiger partial charge in [0.15, 0.2) is 0 Å². The van der Waals surface area contributed by atoms with Crippen molar-refractivity contribution in [2.45, 2.75) is 13.8 Å². The quantitative estimate of drug-likeness (QED) is 0.642. The largest absolute Gasteiger partial charge is 0.495 e. The van der Waals surface area contributed by atoms with Crippen LogP contribution in [0.1, 0.15) is 24.2 Å². The van der Waals surface area contributed by atoms with Gasteiger partial charge in [0.25, 0.3) is 5.91 Å². The van der Waals surface area contributed by atoms with Gasteiger partial charge in [0.05, 0.1) is 25.0 Å². The summed E-state index contributed by atoms with van der Waals surface area (Å²) in [5.74, 6) is -1.57. The summed E-state index contributed by atoms with van der Waals surface area (Å²) in [7, 11) is 1.42. The number of Topliss-reactive ketones (excluding diaryl/α,β-unsaturated/α-hetero) is 1. The number of ketones is 1. The fraction of sp³-hybridized carbons (Fsp3) is 0.308. The van der Waals surface area contributed by atoms with E-state index in [2.05, 4.69) is 5.32 Å². The Hall–Kier alpha value is -2.37. The van der Waals surface area contributed by atoms with E-state index in [1.807, 2.05) is 0 Å². The van der Waals surface area contributed by atoms with E-state index in [-0.39, 0.29) is 17.9 Å². The van der Waals surface area contributed by atoms with Crippen molar-refractivity contribution in [3.8, 4) is 5.75 Å². The van der Waals surface area contributed by atoms with Crippen molar-refractivity contribution in [1.29, 1.82) is 0 Å². The average molecular weight is 265 g/mol. The van der Waals surface area contributed by atoms with Gasteiger partial charge in [-0.05, 0) is 25.1 Å². The third-order valence-electron chi connectivity index (χ3n) is 2.28. The van der Waals surface area contributed by atoms with Gasteiger partial charge in [0, 0.05) is 6.92 Å². The fourth-order valence-electron chi connectivity index (χ4n) is 1.36. The maximum Gasteiger partial charge on any atom is 0.338 e. The summed E-state index contributed by atoms with van der Waals surface area (Å²) in [4.78, 5) is 33.9. The summed E-state index contributed by atoms with van der Waals surface area (Å²) in [6.07, 6.45) is 0. The average Bonchev–Trinajstić information content (AvgIpc) is 2.38. The predicted octanol–water partition coefficient (Wildman–Crippen LogP) is 1.40. The number of benzene rings is 1. The van der Waals surface area contributed by atoms with Gasteiger partial charge in [-0.3, -0.25) is 9.59 Å². The molecule has 19 heavy (non-hydrogen) atoms. The lowest BCUT2D eigenvalue weighted by molar-refractivity contribution is -0.133. The number of esters is 1. The van der Waals surface area contributed by atoms with Crippen molar-refractivity contribution in [3.63, 3.8) is 0 Å². The molecule has 1 aromatic rings. The molecule has 0 fully saturated rings. The second-order valence-electron chi connectivity index (χ2n) is 3.65. The van der Waals surface area contributed by atoms with Gasteiger partial charge in [-0.25, -0.2) is 4.79 Å². The molecule has 0 aliphatic carbocycles. The standard InChI is InChI=1S/C13H15NO5/c1-4-19-13(17)9-5-6-11(18-3)10(7-9)14-12(16)8(2)15/h5-7H,4H2,1-3H3,(H,14,16). The second-order valence-corrected chi connectivity index (χ2v) is 3.65. The maximum atomic E-state index is 11.6. The second kappa shape index (κ2) is 6.53. The molecular formula is C13H15NO5. The van der Waals surface area contributed by atoms with E-state index in [0.717, 1.165) is 6.92 Å². The third-order valence-corrected chi connectivity index (χ3v) is 2.28. The topological polar surface area (TPSA) is 81.7 Å². The normalized spacial score (nSPS) is 9.63. The SMILES string of the molecule is CCOC(=O)c1ccc(OC)c(NC(=O)C(C)=O)c1. The van der Waals surface area contributed by atoms with Crippen LogP contribution in [0.15, 0.2) is 18.2 Å². The Morgan fingerprint density at radius 1 is 1.26 bits per heavy atom. The molecular weight excluding hydrogens is 250 g/mol. The molecule has 102 valence electrons. The molecule has 0 aliphatic rings. The molecule has 0 saturated carbocycles. The number of hydrogen-bond donors (Lipinski definition) is 1. The Kier molecular flexibility index (Phi) is 5.05. The number of carbonyl (C=O) groups is 3. The van der Waals surface area contributed by atoms with Gasteiger partial charge >= 0.3 is 5.97 Å². The van der Waals surface area contributed by atoms with Crippen LogP contribution in [-0.2, 0) is 14.3 Å². The van der Waals surface area contributed by atoms with Crippen LogP contribution in [0.5, 0.6) is 5.75 Å². The number of hydrogen-bond acceptors (Lipinski definition) is 5. The zero-order valence-corrected chi connectivity index (χ0v) is 11.0. The zero-order valence-electron chi connectivity index (χ0n) is 11.0. The monoisotopic (exact) mass is 265 g/mol. The van der Waals surface area contributed by atoms with E-state index in [9.17, 15) is 14.4 Å². The van der Waals surface area contributed by atoms with Gasteiger partial charge in [0.1, 0.15) is 5.75 Å². The molecule has 0 aliphatic heterocycles. The molecule has 0 radical (unpaired) electrons. The van der Waals surface area contributed by atoms with Gasteiger partial charge in [-0.1, -0.05) is 0 Å². The van der Waals surface area contributed by atoms with Gasteiger partial charge in [-0.15, -0.1) is 0 Å². The lowest BCUT2D eigenvalue weighted by Crippen LogP contribution is -2.20. The van der Waals surface area contributed by atoms with Gasteiger partial charge in [0.2, 0.25) is 5.78 Å². The Morgan fingerprint density at radius 2 is 1.95 bits per heavy atom. The van der Waals surface area contributed by atoms with E-state index in [4.69, 9.17) is 9.47 Å². The van der Waals surface area contributed by atoms with Crippen molar-refractivity contribution >= 4 is 23.3 Å². The van der Waals surface area contributed by atoms with E-state index < -0.39 is 17.7 Å². The molecule has 0 saturated heterocycles. The summed E-state index contributed by atoms with van der Waals surface area (Å²) in [6.45, 7) is 3.09. The van der Waals surface area contributed by atoms with Crippen LogP contribution >= 0.6 is 0 Å². The minimum Gasteiger partial charge on any atom is -0.495 e. The number of carbonyl (C=O) groups excluding carboxylic acids is 3. The maximum absolute atomic E-state index is 11.6. The highest BCUT2D eigenvalue weighted by Crippen LogP contribution is 2.25. The minimum atomic E-state index is -0.778. The highest BCUT2D eigenvalue weighted by molar-refractivity contribution is 6.39. The summed E-state index contributed by atoms with van der Waals surface area (Å²) in [6, 6.07) is 4.43. The van der Waals surface area contributed by atoms with Crippen molar-refractivity contribution in [3.05, 3.63) is 23.8 Å². The first-order valence-corrected chi connectivity index (χ1v) is 5.66. The number of rotatable bonds is 5. The fourth-order valence-corrected chi connectivity index (χ4v) is 1.36. The first-order chi connectivity index (χ1) is 8.99. The number of methoxy groups -OCH3 is 1. The Labute approximate surface area is 110 Å². The van der Waals surface area contributed by atoms with Crippen molar-refractivity contribution in [2.75, 3.05) is 19.0 Å². The molecule has 0 spiro atoms. The van der Waals surface area contributed by atoms with Crippen molar-refractivity contribution < 1.29 is 23.9 Å². The number of nitrogens with one attached hydrogen (secondary N) is 1. The van der Waals surface area contributed by atoms with E-state index in [1.165, 1.54) is 25.3 Å². The Balaban J connectivity index is 3.05. The number of anilines is 1. The summed E-state index contributed by atoms with van der Waals surface area (Å²) in [5.41, 5.74) is 0.509. The molecule has 1 rings (SSSR count). The van der Waals surface area contributed by atoms with Crippen LogP contribution in [0.4, 0.5) is 5.69 Å². The highest BCUT2D eigenvalue weighted by atomic mass is 16.5. The molecule has 6 heteroatoms. The lowest BCUT2D eigenvalue weighted by atomic mass is 10.2. The van der Waals surface area contributed by atoms with Crippen LogP contribution < -0.4 is 10.1 Å². The van der Waals surface area contributed by atoms with E-state index in [1.54, 1.807) is 6.92 Å². The summed E-state index contributed by atoms with van der Waals surface area (Å²) in [5, 5.41) is 2.38. The van der Waals surface area contributed by atoms with Crippen LogP contribution in [0.2, 0.25) is 0 Å². The van der Waals surface area contributed by atoms with Crippen molar-refractivity contribution in [2.24, 2.45) is 0 Å². The predicted molar refractivity (Wildman–Crippen MR) is 68.3 cm³/mol. The third kappa shape index (κ3) is 3.80. The van der Waals surface area contributed by atoms with Crippen LogP contribution in [0.3, 0.4) is 0 Å². The Bertz CT molecular complexity index is 510. The minimum absolute atomic E-state index is 0.244. The van der Waals surface area contributed by atoms with E-state index in [0.29, 0.717) is 5.75 Å². The van der Waals surface area contributed by atoms with Gasteiger partial charge < -0.3 is 14.8 Å². The number of ether oxygens (including phenoxy) is 2. The smallest absolute Gasteiger partial charge is 0.338 e. The highest BCUT2D eigenvalue weighted by Gasteiger charge is 2.14. The van der Waals surface area contributed by atoms with Crippen LogP contribution in [0.25, 0.3) is 0 Å². The molecule has 1 aromatic carbocycles. The molecule has 0 aromatic heterocycles. The van der Waals surface area contributed by atoms with E-state index >= 15 is 0 Å². The van der Waals surface area contributed by atoms with Gasteiger partial charge in [-0.2, -0.15) is 0 Å². The summed E-state index contributed by atoms with van der Waals surface area (Å²) < 4.78 is 9.89. The first-order valence-electron chi connectivity index (χ1n) is 5.66. The molecule has 0 atom stereocenters. The summed E-state index contributed by atoms with van der Waals surface area (Å²) >= 11 is 0. The van der Waals surface area contributed by atoms with Crippen LogP contribution in [0, 0.1) is 0 Å². The van der Waals surface area contributed by atoms with Crippen LogP contribution in [-0.4, -0.2) is 31.4 Å². The molecule has 0 bridgehead atoms. The van der Waals surface area contributed by atoms with Crippen molar-refractivity contribution in [1.82, 2.24) is 0 Å². The Morgan fingerprint density at radius 3 is 2.47 bits per heavy atom. The zero-order chi connectivity index (χ0) is 14.4. The molecule has 0 heterocycles. The number of amides is 1.